The van der Waals surface area contributed by atoms with Gasteiger partial charge >= 0.3 is 0 Å². The van der Waals surface area contributed by atoms with Gasteiger partial charge in [-0.15, -0.1) is 0 Å². The van der Waals surface area contributed by atoms with E-state index >= 15 is 0 Å². The lowest BCUT2D eigenvalue weighted by Gasteiger charge is -2.11. The molecule has 2 aromatic heterocycles. The number of aromatic nitrogens is 2. The molecule has 2 heterocycles. The van der Waals surface area contributed by atoms with Gasteiger partial charge in [-0.3, -0.25) is 9.78 Å². The van der Waals surface area contributed by atoms with Crippen molar-refractivity contribution < 1.29 is 4.79 Å². The Morgan fingerprint density at radius 1 is 1.35 bits per heavy atom. The van der Waals surface area contributed by atoms with Crippen LogP contribution in [0, 0.1) is 0 Å². The third-order valence-corrected chi connectivity index (χ3v) is 2.99. The molecule has 0 radical (unpaired) electrons. The van der Waals surface area contributed by atoms with Gasteiger partial charge in [-0.25, -0.2) is 4.98 Å². The van der Waals surface area contributed by atoms with Gasteiger partial charge in [0.25, 0.3) is 5.91 Å². The molecule has 88 valence electrons. The number of rotatable bonds is 1. The Labute approximate surface area is 107 Å². The average Bonchev–Trinajstić information content (AvgIpc) is 2.32. The molecule has 17 heavy (non-hydrogen) atoms. The van der Waals surface area contributed by atoms with Crippen LogP contribution in [-0.4, -0.2) is 34.9 Å². The van der Waals surface area contributed by atoms with Crippen LogP contribution in [0.3, 0.4) is 0 Å². The molecule has 2 rings (SSSR count). The summed E-state index contributed by atoms with van der Waals surface area (Å²) in [5.74, 6) is 0.258. The molecule has 0 bridgehead atoms. The number of amides is 1. The summed E-state index contributed by atoms with van der Waals surface area (Å²) in [5, 5.41) is 0.783. The van der Waals surface area contributed by atoms with Gasteiger partial charge in [-0.05, 0) is 22.0 Å². The minimum Gasteiger partial charge on any atom is -0.382 e. The Kier molecular flexibility index (Phi) is 2.97. The van der Waals surface area contributed by atoms with E-state index in [0.717, 1.165) is 9.86 Å². The van der Waals surface area contributed by atoms with Gasteiger partial charge in [0.1, 0.15) is 11.3 Å². The largest absolute Gasteiger partial charge is 0.382 e. The van der Waals surface area contributed by atoms with Gasteiger partial charge in [0.05, 0.1) is 5.56 Å². The molecular weight excluding hydrogens is 284 g/mol. The summed E-state index contributed by atoms with van der Waals surface area (Å²) in [6, 6.07) is 1.76. The molecule has 1 amide bonds. The summed E-state index contributed by atoms with van der Waals surface area (Å²) in [7, 11) is 3.39. The summed E-state index contributed by atoms with van der Waals surface area (Å²) in [6.07, 6.45) is 3.11. The molecule has 0 aromatic carbocycles. The van der Waals surface area contributed by atoms with Crippen molar-refractivity contribution in [2.45, 2.75) is 0 Å². The Morgan fingerprint density at radius 2 is 2.06 bits per heavy atom. The second kappa shape index (κ2) is 4.29. The van der Waals surface area contributed by atoms with Crippen molar-refractivity contribution in [1.82, 2.24) is 14.9 Å². The molecule has 0 unspecified atom stereocenters. The number of halogens is 1. The molecule has 0 fully saturated rings. The van der Waals surface area contributed by atoms with Crippen LogP contribution in [-0.2, 0) is 0 Å². The highest BCUT2D eigenvalue weighted by molar-refractivity contribution is 9.10. The normalized spacial score (nSPS) is 10.5. The maximum absolute atomic E-state index is 11.8. The number of fused-ring (bicyclic) bond motifs is 1. The fourth-order valence-corrected chi connectivity index (χ4v) is 1.89. The molecule has 0 atom stereocenters. The van der Waals surface area contributed by atoms with Crippen molar-refractivity contribution in [3.05, 3.63) is 28.5 Å². The first-order chi connectivity index (χ1) is 8.00. The van der Waals surface area contributed by atoms with Crippen LogP contribution in [0.4, 0.5) is 5.82 Å². The third-order valence-electron chi connectivity index (χ3n) is 2.36. The molecular formula is C11H11BrN4O. The fraction of sp³-hybridized carbons (Fsp3) is 0.182. The number of nitrogens with zero attached hydrogens (tertiary/aromatic N) is 3. The Hall–Kier alpha value is -1.69. The summed E-state index contributed by atoms with van der Waals surface area (Å²) in [5.41, 5.74) is 6.84. The first kappa shape index (κ1) is 11.8. The van der Waals surface area contributed by atoms with Crippen molar-refractivity contribution in [3.8, 4) is 0 Å². The maximum atomic E-state index is 11.8. The lowest BCUT2D eigenvalue weighted by atomic mass is 10.2. The summed E-state index contributed by atoms with van der Waals surface area (Å²) < 4.78 is 0.766. The highest BCUT2D eigenvalue weighted by Gasteiger charge is 2.12. The van der Waals surface area contributed by atoms with E-state index in [9.17, 15) is 4.79 Å². The second-order valence-corrected chi connectivity index (χ2v) is 4.67. The highest BCUT2D eigenvalue weighted by Crippen LogP contribution is 2.25. The van der Waals surface area contributed by atoms with E-state index in [1.54, 1.807) is 26.4 Å². The number of anilines is 1. The van der Waals surface area contributed by atoms with Gasteiger partial charge in [0.2, 0.25) is 0 Å². The van der Waals surface area contributed by atoms with Crippen LogP contribution >= 0.6 is 15.9 Å². The zero-order chi connectivity index (χ0) is 12.6. The predicted octanol–water partition coefficient (Wildman–Crippen LogP) is 1.68. The second-order valence-electron chi connectivity index (χ2n) is 3.81. The van der Waals surface area contributed by atoms with Gasteiger partial charge < -0.3 is 10.6 Å². The van der Waals surface area contributed by atoms with Gasteiger partial charge in [0.15, 0.2) is 0 Å². The van der Waals surface area contributed by atoms with Crippen LogP contribution < -0.4 is 5.73 Å². The van der Waals surface area contributed by atoms with Crippen LogP contribution in [0.1, 0.15) is 10.4 Å². The topological polar surface area (TPSA) is 72.1 Å². The minimum absolute atomic E-state index is 0.0957. The first-order valence-corrected chi connectivity index (χ1v) is 5.71. The molecule has 0 saturated heterocycles. The number of nitrogen functional groups attached to an aromatic ring is 1. The van der Waals surface area contributed by atoms with E-state index in [0.29, 0.717) is 16.9 Å². The Balaban J connectivity index is 2.66. The van der Waals surface area contributed by atoms with Gasteiger partial charge in [0, 0.05) is 36.3 Å². The van der Waals surface area contributed by atoms with E-state index in [-0.39, 0.29) is 5.91 Å². The van der Waals surface area contributed by atoms with Crippen molar-refractivity contribution >= 4 is 38.6 Å². The van der Waals surface area contributed by atoms with Crippen LogP contribution in [0.25, 0.3) is 10.9 Å². The monoisotopic (exact) mass is 294 g/mol. The van der Waals surface area contributed by atoms with E-state index < -0.39 is 0 Å². The molecule has 0 aliphatic carbocycles. The Morgan fingerprint density at radius 3 is 2.71 bits per heavy atom. The smallest absolute Gasteiger partial charge is 0.254 e. The number of carbonyl (C=O) groups is 1. The lowest BCUT2D eigenvalue weighted by molar-refractivity contribution is 0.0827. The van der Waals surface area contributed by atoms with Crippen molar-refractivity contribution in [2.24, 2.45) is 0 Å². The molecule has 0 saturated carbocycles. The summed E-state index contributed by atoms with van der Waals surface area (Å²) in [4.78, 5) is 21.5. The molecule has 0 aliphatic heterocycles. The quantitative estimate of drug-likeness (QED) is 0.868. The summed E-state index contributed by atoms with van der Waals surface area (Å²) in [6.45, 7) is 0. The molecule has 5 nitrogen and oxygen atoms in total. The standard InChI is InChI=1S/C11H11BrN4O/c1-16(2)11(17)6-3-7-8(12)5-15-10(13)9(7)14-4-6/h3-5H,1-2H3,(H2,13,15). The number of hydrogen-bond acceptors (Lipinski definition) is 4. The van der Waals surface area contributed by atoms with Gasteiger partial charge in [-0.1, -0.05) is 0 Å². The maximum Gasteiger partial charge on any atom is 0.254 e. The first-order valence-electron chi connectivity index (χ1n) is 4.92. The van der Waals surface area contributed by atoms with Gasteiger partial charge in [-0.2, -0.15) is 0 Å². The van der Waals surface area contributed by atoms with E-state index in [2.05, 4.69) is 25.9 Å². The Bertz CT molecular complexity index is 597. The zero-order valence-electron chi connectivity index (χ0n) is 9.44. The number of pyridine rings is 2. The van der Waals surface area contributed by atoms with Crippen LogP contribution in [0.2, 0.25) is 0 Å². The van der Waals surface area contributed by atoms with E-state index in [1.807, 2.05) is 0 Å². The van der Waals surface area contributed by atoms with Crippen LogP contribution in [0.5, 0.6) is 0 Å². The minimum atomic E-state index is -0.0957. The lowest BCUT2D eigenvalue weighted by Crippen LogP contribution is -2.21. The van der Waals surface area contributed by atoms with Crippen LogP contribution in [0.15, 0.2) is 22.9 Å². The third kappa shape index (κ3) is 2.08. The number of nitrogens with two attached hydrogens (primary N) is 1. The SMILES string of the molecule is CN(C)C(=O)c1cnc2c(N)ncc(Br)c2c1. The predicted molar refractivity (Wildman–Crippen MR) is 69.7 cm³/mol. The summed E-state index contributed by atoms with van der Waals surface area (Å²) >= 11 is 3.37. The average molecular weight is 295 g/mol. The molecule has 0 spiro atoms. The molecule has 0 aliphatic rings. The van der Waals surface area contributed by atoms with Crippen molar-refractivity contribution in [1.29, 1.82) is 0 Å². The number of carbonyl (C=O) groups excluding carboxylic acids is 1. The fourth-order valence-electron chi connectivity index (χ4n) is 1.48. The molecule has 2 N–H and O–H groups in total. The zero-order valence-corrected chi connectivity index (χ0v) is 11.0. The van der Waals surface area contributed by atoms with Crippen molar-refractivity contribution in [3.63, 3.8) is 0 Å². The molecule has 6 heteroatoms. The van der Waals surface area contributed by atoms with Crippen molar-refractivity contribution in [2.75, 3.05) is 19.8 Å². The molecule has 2 aromatic rings. The van der Waals surface area contributed by atoms with E-state index in [1.165, 1.54) is 11.1 Å². The number of hydrogen-bond donors (Lipinski definition) is 1. The van der Waals surface area contributed by atoms with E-state index in [4.69, 9.17) is 5.73 Å². The highest BCUT2D eigenvalue weighted by atomic mass is 79.9.